The van der Waals surface area contributed by atoms with Gasteiger partial charge in [-0.3, -0.25) is 0 Å². The Hall–Kier alpha value is -1.26. The lowest BCUT2D eigenvalue weighted by atomic mass is 9.86. The molecule has 1 saturated heterocycles. The monoisotopic (exact) mass is 336 g/mol. The molecule has 0 aliphatic carbocycles. The molecule has 1 aromatic rings. The second kappa shape index (κ2) is 8.21. The molecule has 24 heavy (non-hydrogen) atoms. The van der Waals surface area contributed by atoms with Crippen LogP contribution in [-0.2, 0) is 5.41 Å². The Bertz CT molecular complexity index is 524. The maximum atomic E-state index is 10.4. The van der Waals surface area contributed by atoms with Crippen molar-refractivity contribution in [2.75, 3.05) is 26.8 Å². The van der Waals surface area contributed by atoms with Crippen LogP contribution in [0.15, 0.2) is 18.2 Å². The van der Waals surface area contributed by atoms with Crippen molar-refractivity contribution in [2.45, 2.75) is 64.5 Å². The smallest absolute Gasteiger partial charge is 0.137 e. The maximum absolute atomic E-state index is 10.4. The molecule has 1 aliphatic heterocycles. The van der Waals surface area contributed by atoms with Crippen LogP contribution in [0, 0.1) is 0 Å². The van der Waals surface area contributed by atoms with Gasteiger partial charge < -0.3 is 19.5 Å². The number of aliphatic hydroxyl groups excluding tert-OH is 1. The summed E-state index contributed by atoms with van der Waals surface area (Å²) in [5, 5.41) is 10.4. The third kappa shape index (κ3) is 5.12. The second-order valence-electron chi connectivity index (χ2n) is 8.09. The fraction of sp³-hybridized carbons (Fsp3) is 0.700. The summed E-state index contributed by atoms with van der Waals surface area (Å²) in [4.78, 5) is 1.50. The number of hydrogen-bond acceptors (Lipinski definition) is 3. The summed E-state index contributed by atoms with van der Waals surface area (Å²) in [6, 6.07) is 6.52. The number of piperidine rings is 1. The molecule has 0 aromatic heterocycles. The van der Waals surface area contributed by atoms with Crippen molar-refractivity contribution >= 4 is 0 Å². The number of ether oxygens (including phenoxy) is 2. The van der Waals surface area contributed by atoms with E-state index < -0.39 is 6.10 Å². The quantitative estimate of drug-likeness (QED) is 0.837. The van der Waals surface area contributed by atoms with E-state index in [2.05, 4.69) is 27.7 Å². The fourth-order valence-corrected chi connectivity index (χ4v) is 3.45. The molecule has 0 saturated carbocycles. The van der Waals surface area contributed by atoms with Crippen molar-refractivity contribution in [2.24, 2.45) is 0 Å². The summed E-state index contributed by atoms with van der Waals surface area (Å²) in [6.45, 7) is 11.0. The molecule has 136 valence electrons. The highest BCUT2D eigenvalue weighted by molar-refractivity contribution is 5.44. The largest absolute Gasteiger partial charge is 0.497 e. The zero-order valence-electron chi connectivity index (χ0n) is 15.9. The molecule has 1 unspecified atom stereocenters. The summed E-state index contributed by atoms with van der Waals surface area (Å²) in [7, 11) is 1.68. The van der Waals surface area contributed by atoms with Gasteiger partial charge in [0, 0.05) is 5.56 Å². The van der Waals surface area contributed by atoms with E-state index in [0.717, 1.165) is 30.2 Å². The Balaban J connectivity index is 1.98. The highest BCUT2D eigenvalue weighted by Gasteiger charge is 2.25. The Kier molecular flexibility index (Phi) is 6.53. The molecule has 0 bridgehead atoms. The van der Waals surface area contributed by atoms with Crippen LogP contribution in [0.4, 0.5) is 0 Å². The maximum Gasteiger partial charge on any atom is 0.137 e. The van der Waals surface area contributed by atoms with Crippen molar-refractivity contribution in [3.05, 3.63) is 23.8 Å². The SMILES string of the molecule is COc1ccc(OC[C@@H](O)C[NH+]2CCCC[C@H]2C)c(C(C)(C)C)c1. The minimum absolute atomic E-state index is 0.0402. The molecule has 1 aromatic carbocycles. The zero-order chi connectivity index (χ0) is 17.7. The Morgan fingerprint density at radius 1 is 1.29 bits per heavy atom. The standard InChI is InChI=1S/C20H33NO3/c1-15-8-6-7-11-21(15)13-16(22)14-24-19-10-9-17(23-5)12-18(19)20(2,3)4/h9-10,12,15-16,22H,6-8,11,13-14H2,1-5H3/p+1/t15-,16+/m1/s1. The van der Waals surface area contributed by atoms with Crippen molar-refractivity contribution in [1.29, 1.82) is 0 Å². The Morgan fingerprint density at radius 2 is 2.04 bits per heavy atom. The number of benzene rings is 1. The first-order chi connectivity index (χ1) is 11.3. The number of hydrogen-bond donors (Lipinski definition) is 2. The first-order valence-corrected chi connectivity index (χ1v) is 9.15. The molecule has 1 fully saturated rings. The van der Waals surface area contributed by atoms with Crippen LogP contribution in [0.1, 0.15) is 52.5 Å². The molecular formula is C20H34NO3+. The summed E-state index contributed by atoms with van der Waals surface area (Å²) in [5.74, 6) is 1.67. The molecule has 3 atom stereocenters. The average Bonchev–Trinajstić information content (AvgIpc) is 2.54. The van der Waals surface area contributed by atoms with Gasteiger partial charge in [0.15, 0.2) is 0 Å². The van der Waals surface area contributed by atoms with Crippen LogP contribution in [0.25, 0.3) is 0 Å². The molecule has 1 heterocycles. The molecule has 1 aliphatic rings. The number of quaternary nitrogens is 1. The molecule has 0 amide bonds. The van der Waals surface area contributed by atoms with E-state index in [-0.39, 0.29) is 5.41 Å². The van der Waals surface area contributed by atoms with Gasteiger partial charge in [0.2, 0.25) is 0 Å². The highest BCUT2D eigenvalue weighted by atomic mass is 16.5. The number of rotatable bonds is 6. The van der Waals surface area contributed by atoms with Crippen molar-refractivity contribution in [1.82, 2.24) is 0 Å². The molecule has 2 N–H and O–H groups in total. The third-order valence-corrected chi connectivity index (χ3v) is 5.01. The van der Waals surface area contributed by atoms with E-state index in [1.807, 2.05) is 18.2 Å². The van der Waals surface area contributed by atoms with Crippen LogP contribution in [-0.4, -0.2) is 44.1 Å². The van der Waals surface area contributed by atoms with E-state index >= 15 is 0 Å². The Labute approximate surface area is 146 Å². The normalized spacial score (nSPS) is 22.9. The van der Waals surface area contributed by atoms with Crippen LogP contribution in [0.2, 0.25) is 0 Å². The van der Waals surface area contributed by atoms with E-state index in [1.54, 1.807) is 7.11 Å². The first-order valence-electron chi connectivity index (χ1n) is 9.15. The van der Waals surface area contributed by atoms with Gasteiger partial charge in [0.1, 0.15) is 30.8 Å². The van der Waals surface area contributed by atoms with Gasteiger partial charge in [-0.15, -0.1) is 0 Å². The lowest BCUT2D eigenvalue weighted by molar-refractivity contribution is -0.931. The summed E-state index contributed by atoms with van der Waals surface area (Å²) >= 11 is 0. The first kappa shape index (κ1) is 19.1. The Morgan fingerprint density at radius 3 is 2.67 bits per heavy atom. The topological polar surface area (TPSA) is 43.1 Å². The van der Waals surface area contributed by atoms with Gasteiger partial charge in [-0.25, -0.2) is 0 Å². The summed E-state index contributed by atoms with van der Waals surface area (Å²) in [6.07, 6.45) is 3.41. The highest BCUT2D eigenvalue weighted by Crippen LogP contribution is 2.34. The van der Waals surface area contributed by atoms with E-state index in [9.17, 15) is 5.11 Å². The van der Waals surface area contributed by atoms with Crippen LogP contribution in [0.5, 0.6) is 11.5 Å². The van der Waals surface area contributed by atoms with Gasteiger partial charge in [-0.05, 0) is 49.8 Å². The van der Waals surface area contributed by atoms with E-state index in [1.165, 1.54) is 24.2 Å². The number of aliphatic hydroxyl groups is 1. The van der Waals surface area contributed by atoms with E-state index in [4.69, 9.17) is 9.47 Å². The summed E-state index contributed by atoms with van der Waals surface area (Å²) < 4.78 is 11.3. The van der Waals surface area contributed by atoms with Crippen molar-refractivity contribution in [3.8, 4) is 11.5 Å². The van der Waals surface area contributed by atoms with Crippen molar-refractivity contribution < 1.29 is 19.5 Å². The lowest BCUT2D eigenvalue weighted by Crippen LogP contribution is -3.17. The summed E-state index contributed by atoms with van der Waals surface area (Å²) in [5.41, 5.74) is 1.06. The number of likely N-dealkylation sites (tertiary alicyclic amines) is 1. The van der Waals surface area contributed by atoms with Gasteiger partial charge in [-0.2, -0.15) is 0 Å². The number of methoxy groups -OCH3 is 1. The second-order valence-corrected chi connectivity index (χ2v) is 8.09. The van der Waals surface area contributed by atoms with E-state index in [0.29, 0.717) is 12.6 Å². The zero-order valence-corrected chi connectivity index (χ0v) is 15.9. The molecule has 4 heteroatoms. The molecule has 0 spiro atoms. The molecule has 2 rings (SSSR count). The molecule has 0 radical (unpaired) electrons. The van der Waals surface area contributed by atoms with Crippen LogP contribution < -0.4 is 14.4 Å². The minimum Gasteiger partial charge on any atom is -0.497 e. The molecule has 4 nitrogen and oxygen atoms in total. The minimum atomic E-state index is -0.435. The number of nitrogens with one attached hydrogen (secondary N) is 1. The van der Waals surface area contributed by atoms with Gasteiger partial charge in [0.25, 0.3) is 0 Å². The third-order valence-electron chi connectivity index (χ3n) is 5.01. The van der Waals surface area contributed by atoms with Crippen LogP contribution >= 0.6 is 0 Å². The van der Waals surface area contributed by atoms with Crippen molar-refractivity contribution in [3.63, 3.8) is 0 Å². The molecular weight excluding hydrogens is 302 g/mol. The fourth-order valence-electron chi connectivity index (χ4n) is 3.45. The average molecular weight is 336 g/mol. The van der Waals surface area contributed by atoms with Crippen LogP contribution in [0.3, 0.4) is 0 Å². The lowest BCUT2D eigenvalue weighted by Gasteiger charge is -2.31. The van der Waals surface area contributed by atoms with Gasteiger partial charge in [-0.1, -0.05) is 20.8 Å². The van der Waals surface area contributed by atoms with Gasteiger partial charge in [0.05, 0.1) is 19.7 Å². The predicted molar refractivity (Wildman–Crippen MR) is 97.2 cm³/mol. The predicted octanol–water partition coefficient (Wildman–Crippen LogP) is 2.19. The van der Waals surface area contributed by atoms with Gasteiger partial charge >= 0.3 is 0 Å².